The number of rotatable bonds is 7. The molecule has 1 aromatic heterocycles. The van der Waals surface area contributed by atoms with Crippen LogP contribution in [0.1, 0.15) is 30.9 Å². The Kier molecular flexibility index (Phi) is 5.90. The molecule has 1 amide bonds. The molecule has 1 heterocycles. The fourth-order valence-electron chi connectivity index (χ4n) is 4.09. The molecule has 1 fully saturated rings. The van der Waals surface area contributed by atoms with E-state index in [9.17, 15) is 32.3 Å². The highest BCUT2D eigenvalue weighted by Gasteiger charge is 2.35. The highest BCUT2D eigenvalue weighted by molar-refractivity contribution is 5.98. The maximum absolute atomic E-state index is 14.8. The second-order valence-electron chi connectivity index (χ2n) is 8.19. The van der Waals surface area contributed by atoms with Gasteiger partial charge in [-0.15, -0.1) is 0 Å². The molecule has 9 heteroatoms. The van der Waals surface area contributed by atoms with Gasteiger partial charge in [-0.2, -0.15) is 13.2 Å². The first kappa shape index (κ1) is 22.8. The number of aliphatic carboxylic acids is 1. The molecule has 33 heavy (non-hydrogen) atoms. The molecule has 1 saturated carbocycles. The van der Waals surface area contributed by atoms with Gasteiger partial charge in [-0.25, -0.2) is 4.39 Å². The summed E-state index contributed by atoms with van der Waals surface area (Å²) in [6, 6.07) is 7.39. The number of fused-ring (bicyclic) bond motifs is 1. The molecule has 0 unspecified atom stereocenters. The summed E-state index contributed by atoms with van der Waals surface area (Å²) in [7, 11) is 0. The Morgan fingerprint density at radius 3 is 2.48 bits per heavy atom. The van der Waals surface area contributed by atoms with E-state index < -0.39 is 30.1 Å². The largest absolute Gasteiger partial charge is 0.480 e. The number of halogens is 4. The molecule has 0 aliphatic heterocycles. The van der Waals surface area contributed by atoms with E-state index in [-0.39, 0.29) is 34.9 Å². The zero-order chi connectivity index (χ0) is 23.9. The molecular formula is C24H22F4N2O3. The minimum atomic E-state index is -4.59. The number of carbonyl (C=O) groups excluding carboxylic acids is 1. The lowest BCUT2D eigenvalue weighted by Gasteiger charge is -2.23. The third kappa shape index (κ3) is 4.58. The number of hydrogen-bond donors (Lipinski definition) is 1. The molecule has 0 spiro atoms. The van der Waals surface area contributed by atoms with Gasteiger partial charge in [0.25, 0.3) is 0 Å². The summed E-state index contributed by atoms with van der Waals surface area (Å²) < 4.78 is 56.6. The van der Waals surface area contributed by atoms with Crippen molar-refractivity contribution in [1.82, 2.24) is 9.47 Å². The second-order valence-corrected chi connectivity index (χ2v) is 8.19. The monoisotopic (exact) mass is 462 g/mol. The van der Waals surface area contributed by atoms with E-state index in [0.717, 1.165) is 25.0 Å². The lowest BCUT2D eigenvalue weighted by atomic mass is 9.96. The van der Waals surface area contributed by atoms with Crippen LogP contribution in [0.4, 0.5) is 17.6 Å². The van der Waals surface area contributed by atoms with Crippen molar-refractivity contribution in [3.63, 3.8) is 0 Å². The van der Waals surface area contributed by atoms with Gasteiger partial charge >= 0.3 is 12.1 Å². The van der Waals surface area contributed by atoms with Crippen LogP contribution in [-0.2, 0) is 28.9 Å². The SMILES string of the molecule is CCN(Cc1cc(C(F)(F)F)ccc1-c1cn(CC(=O)O)c2cccc(F)c12)C(=O)C1CC1. The van der Waals surface area contributed by atoms with Crippen LogP contribution < -0.4 is 0 Å². The summed E-state index contributed by atoms with van der Waals surface area (Å²) in [6.07, 6.45) is -1.63. The predicted octanol–water partition coefficient (Wildman–Crippen LogP) is 5.31. The maximum atomic E-state index is 14.8. The van der Waals surface area contributed by atoms with Gasteiger partial charge in [0, 0.05) is 36.2 Å². The standard InChI is InChI=1S/C24H22F4N2O3/c1-2-29(23(33)14-6-7-14)11-15-10-16(24(26,27)28)8-9-17(15)18-12-30(13-21(31)32)20-5-3-4-19(25)22(18)20/h3-5,8-10,12,14H,2,6-7,11,13H2,1H3,(H,31,32). The Labute approximate surface area is 187 Å². The Morgan fingerprint density at radius 2 is 1.88 bits per heavy atom. The fourth-order valence-corrected chi connectivity index (χ4v) is 4.09. The third-order valence-corrected chi connectivity index (χ3v) is 5.86. The predicted molar refractivity (Wildman–Crippen MR) is 114 cm³/mol. The molecular weight excluding hydrogens is 440 g/mol. The molecule has 1 aliphatic rings. The van der Waals surface area contributed by atoms with Crippen LogP contribution in [-0.4, -0.2) is 33.0 Å². The van der Waals surface area contributed by atoms with E-state index in [1.165, 1.54) is 33.9 Å². The number of amides is 1. The van der Waals surface area contributed by atoms with Crippen LogP contribution in [0.2, 0.25) is 0 Å². The lowest BCUT2D eigenvalue weighted by molar-refractivity contribution is -0.138. The van der Waals surface area contributed by atoms with Crippen LogP contribution in [0.3, 0.4) is 0 Å². The summed E-state index contributed by atoms with van der Waals surface area (Å²) in [5.41, 5.74) is 0.274. The van der Waals surface area contributed by atoms with Crippen LogP contribution >= 0.6 is 0 Å². The van der Waals surface area contributed by atoms with E-state index in [1.807, 2.05) is 0 Å². The zero-order valence-electron chi connectivity index (χ0n) is 17.8. The Bertz CT molecular complexity index is 1230. The highest BCUT2D eigenvalue weighted by Crippen LogP contribution is 2.39. The van der Waals surface area contributed by atoms with Crippen molar-refractivity contribution in [3.05, 3.63) is 59.5 Å². The van der Waals surface area contributed by atoms with Crippen molar-refractivity contribution in [2.24, 2.45) is 5.92 Å². The van der Waals surface area contributed by atoms with Gasteiger partial charge in [0.15, 0.2) is 0 Å². The third-order valence-electron chi connectivity index (χ3n) is 5.86. The van der Waals surface area contributed by atoms with Crippen LogP contribution in [0.15, 0.2) is 42.6 Å². The Morgan fingerprint density at radius 1 is 1.15 bits per heavy atom. The molecule has 0 bridgehead atoms. The van der Waals surface area contributed by atoms with Gasteiger partial charge in [0.2, 0.25) is 5.91 Å². The van der Waals surface area contributed by atoms with Crippen molar-refractivity contribution in [2.75, 3.05) is 6.54 Å². The van der Waals surface area contributed by atoms with Gasteiger partial charge < -0.3 is 14.6 Å². The normalized spacial score (nSPS) is 14.0. The molecule has 0 radical (unpaired) electrons. The molecule has 0 saturated heterocycles. The first-order chi connectivity index (χ1) is 15.6. The number of benzene rings is 2. The van der Waals surface area contributed by atoms with Crippen molar-refractivity contribution in [1.29, 1.82) is 0 Å². The fraction of sp³-hybridized carbons (Fsp3) is 0.333. The van der Waals surface area contributed by atoms with Gasteiger partial charge in [0.1, 0.15) is 12.4 Å². The number of hydrogen-bond acceptors (Lipinski definition) is 2. The van der Waals surface area contributed by atoms with Crippen LogP contribution in [0.25, 0.3) is 22.0 Å². The Balaban J connectivity index is 1.89. The lowest BCUT2D eigenvalue weighted by Crippen LogP contribution is -2.31. The molecule has 2 aromatic carbocycles. The number of alkyl halides is 3. The summed E-state index contributed by atoms with van der Waals surface area (Å²) in [5.74, 6) is -1.96. The van der Waals surface area contributed by atoms with Crippen LogP contribution in [0, 0.1) is 11.7 Å². The van der Waals surface area contributed by atoms with Crippen molar-refractivity contribution in [2.45, 2.75) is 39.0 Å². The molecule has 4 rings (SSSR count). The van der Waals surface area contributed by atoms with E-state index in [2.05, 4.69) is 0 Å². The smallest absolute Gasteiger partial charge is 0.416 e. The minimum Gasteiger partial charge on any atom is -0.480 e. The number of carboxylic acid groups (broad SMARTS) is 1. The van der Waals surface area contributed by atoms with Gasteiger partial charge in [-0.1, -0.05) is 12.1 Å². The van der Waals surface area contributed by atoms with E-state index >= 15 is 0 Å². The van der Waals surface area contributed by atoms with E-state index in [1.54, 1.807) is 13.0 Å². The topological polar surface area (TPSA) is 62.5 Å². The molecule has 0 atom stereocenters. The molecule has 3 aromatic rings. The van der Waals surface area contributed by atoms with Crippen molar-refractivity contribution in [3.8, 4) is 11.1 Å². The summed E-state index contributed by atoms with van der Waals surface area (Å²) in [6.45, 7) is 1.58. The summed E-state index contributed by atoms with van der Waals surface area (Å²) in [4.78, 5) is 25.5. The van der Waals surface area contributed by atoms with Crippen molar-refractivity contribution >= 4 is 22.8 Å². The molecule has 5 nitrogen and oxygen atoms in total. The van der Waals surface area contributed by atoms with Crippen LogP contribution in [0.5, 0.6) is 0 Å². The maximum Gasteiger partial charge on any atom is 0.416 e. The summed E-state index contributed by atoms with van der Waals surface area (Å²) >= 11 is 0. The highest BCUT2D eigenvalue weighted by atomic mass is 19.4. The number of aromatic nitrogens is 1. The average Bonchev–Trinajstić information content (AvgIpc) is 3.54. The quantitative estimate of drug-likeness (QED) is 0.484. The number of carboxylic acids is 1. The van der Waals surface area contributed by atoms with Gasteiger partial charge in [-0.05, 0) is 55.2 Å². The van der Waals surface area contributed by atoms with Crippen molar-refractivity contribution < 1.29 is 32.3 Å². The summed E-state index contributed by atoms with van der Waals surface area (Å²) in [5, 5.41) is 9.36. The van der Waals surface area contributed by atoms with Gasteiger partial charge in [0.05, 0.1) is 11.1 Å². The number of carbonyl (C=O) groups is 2. The van der Waals surface area contributed by atoms with Gasteiger partial charge in [-0.3, -0.25) is 9.59 Å². The first-order valence-corrected chi connectivity index (χ1v) is 10.6. The Hall–Kier alpha value is -3.36. The minimum absolute atomic E-state index is 0.0643. The zero-order valence-corrected chi connectivity index (χ0v) is 17.8. The number of nitrogens with zero attached hydrogens (tertiary/aromatic N) is 2. The molecule has 1 aliphatic carbocycles. The van der Waals surface area contributed by atoms with E-state index in [0.29, 0.717) is 17.6 Å². The second kappa shape index (κ2) is 8.53. The van der Waals surface area contributed by atoms with E-state index in [4.69, 9.17) is 0 Å². The first-order valence-electron chi connectivity index (χ1n) is 10.6. The average molecular weight is 462 g/mol. The molecule has 1 N–H and O–H groups in total. The molecule has 174 valence electrons.